The molecule has 80 valence electrons. The first-order valence-corrected chi connectivity index (χ1v) is 4.42. The molecule has 2 rings (SSSR count). The molecule has 0 aliphatic heterocycles. The Bertz CT molecular complexity index is 481. The lowest BCUT2D eigenvalue weighted by molar-refractivity contribution is 0.0821. The van der Waals surface area contributed by atoms with Gasteiger partial charge in [-0.3, -0.25) is 0 Å². The van der Waals surface area contributed by atoms with Crippen LogP contribution >= 0.6 is 0 Å². The van der Waals surface area contributed by atoms with E-state index in [2.05, 4.69) is 4.98 Å². The highest BCUT2D eigenvalue weighted by Crippen LogP contribution is 2.25. The van der Waals surface area contributed by atoms with Gasteiger partial charge in [0.05, 0.1) is 17.8 Å². The number of nitrogens with zero attached hydrogens (tertiary/aromatic N) is 2. The summed E-state index contributed by atoms with van der Waals surface area (Å²) < 4.78 is 1.38. The number of fused-ring (bicyclic) bond motifs is 1. The number of benzene rings is 1. The number of hydrogen-bond acceptors (Lipinski definition) is 5. The van der Waals surface area contributed by atoms with Gasteiger partial charge in [-0.15, -0.1) is 0 Å². The van der Waals surface area contributed by atoms with Crippen LogP contribution in [0.5, 0.6) is 5.75 Å². The van der Waals surface area contributed by atoms with Crippen molar-refractivity contribution in [3.63, 3.8) is 0 Å². The highest BCUT2D eigenvalue weighted by molar-refractivity contribution is 5.82. The normalized spacial score (nSPS) is 10.7. The highest BCUT2D eigenvalue weighted by Gasteiger charge is 2.07. The molecule has 0 amide bonds. The van der Waals surface area contributed by atoms with Crippen molar-refractivity contribution in [2.45, 2.75) is 0 Å². The van der Waals surface area contributed by atoms with Crippen molar-refractivity contribution in [1.29, 1.82) is 0 Å². The molecule has 0 spiro atoms. The van der Waals surface area contributed by atoms with Crippen LogP contribution in [-0.2, 0) is 0 Å². The Labute approximate surface area is 85.5 Å². The van der Waals surface area contributed by atoms with Crippen LogP contribution in [0.4, 0.5) is 5.69 Å². The molecular formula is C9H11N3O3. The molecule has 0 atom stereocenters. The topological polar surface area (TPSA) is 93.5 Å². The molecule has 6 nitrogen and oxygen atoms in total. The van der Waals surface area contributed by atoms with Crippen molar-refractivity contribution >= 4 is 16.7 Å². The lowest BCUT2D eigenvalue weighted by Crippen LogP contribution is -2.14. The van der Waals surface area contributed by atoms with Crippen LogP contribution in [0.1, 0.15) is 0 Å². The van der Waals surface area contributed by atoms with Crippen molar-refractivity contribution in [2.24, 2.45) is 0 Å². The van der Waals surface area contributed by atoms with Gasteiger partial charge in [-0.2, -0.15) is 4.73 Å². The van der Waals surface area contributed by atoms with E-state index < -0.39 is 0 Å². The molecule has 1 heterocycles. The highest BCUT2D eigenvalue weighted by atomic mass is 16.7. The van der Waals surface area contributed by atoms with Crippen molar-refractivity contribution < 1.29 is 15.1 Å². The molecule has 4 N–H and O–H groups in total. The molecule has 1 aromatic heterocycles. The van der Waals surface area contributed by atoms with E-state index in [0.29, 0.717) is 11.0 Å². The number of rotatable bonds is 3. The summed E-state index contributed by atoms with van der Waals surface area (Å²) >= 11 is 0. The van der Waals surface area contributed by atoms with Crippen molar-refractivity contribution in [2.75, 3.05) is 18.9 Å². The lowest BCUT2D eigenvalue weighted by atomic mass is 10.2. The molecule has 1 aromatic carbocycles. The Morgan fingerprint density at radius 3 is 3.00 bits per heavy atom. The summed E-state index contributed by atoms with van der Waals surface area (Å²) in [6.07, 6.45) is 1.46. The minimum atomic E-state index is -0.0827. The molecule has 15 heavy (non-hydrogen) atoms. The minimum Gasteiger partial charge on any atom is -0.506 e. The van der Waals surface area contributed by atoms with Gasteiger partial charge in [-0.25, -0.2) is 4.98 Å². The van der Waals surface area contributed by atoms with Crippen molar-refractivity contribution in [3.8, 4) is 5.75 Å². The summed E-state index contributed by atoms with van der Waals surface area (Å²) in [5.74, 6) is -0.0168. The number of aliphatic hydroxyl groups excluding tert-OH is 1. The van der Waals surface area contributed by atoms with Crippen LogP contribution < -0.4 is 10.6 Å². The first-order chi connectivity index (χ1) is 7.22. The van der Waals surface area contributed by atoms with E-state index in [1.54, 1.807) is 6.07 Å². The molecule has 0 radical (unpaired) electrons. The Morgan fingerprint density at radius 1 is 1.47 bits per heavy atom. The third-order valence-electron chi connectivity index (χ3n) is 1.98. The zero-order valence-electron chi connectivity index (χ0n) is 7.92. The first-order valence-electron chi connectivity index (χ1n) is 4.42. The number of imidazole rings is 1. The van der Waals surface area contributed by atoms with E-state index in [9.17, 15) is 5.11 Å². The monoisotopic (exact) mass is 209 g/mol. The third-order valence-corrected chi connectivity index (χ3v) is 1.98. The fourth-order valence-electron chi connectivity index (χ4n) is 1.28. The second-order valence-electron chi connectivity index (χ2n) is 3.03. The fraction of sp³-hybridized carbons (Fsp3) is 0.222. The van der Waals surface area contributed by atoms with Crippen LogP contribution in [-0.4, -0.2) is 33.1 Å². The average molecular weight is 209 g/mol. The van der Waals surface area contributed by atoms with Crippen LogP contribution in [0, 0.1) is 0 Å². The maximum atomic E-state index is 9.41. The summed E-state index contributed by atoms with van der Waals surface area (Å²) in [5.41, 5.74) is 7.02. The number of aliphatic hydroxyl groups is 1. The zero-order chi connectivity index (χ0) is 10.8. The molecule has 0 fully saturated rings. The molecule has 0 bridgehead atoms. The maximum Gasteiger partial charge on any atom is 0.140 e. The molecule has 2 aromatic rings. The van der Waals surface area contributed by atoms with E-state index in [1.165, 1.54) is 17.1 Å². The minimum absolute atomic E-state index is 0.0168. The van der Waals surface area contributed by atoms with Crippen LogP contribution in [0.3, 0.4) is 0 Å². The van der Waals surface area contributed by atoms with Gasteiger partial charge in [0.2, 0.25) is 0 Å². The Morgan fingerprint density at radius 2 is 2.27 bits per heavy atom. The smallest absolute Gasteiger partial charge is 0.140 e. The van der Waals surface area contributed by atoms with Gasteiger partial charge in [-0.1, -0.05) is 0 Å². The van der Waals surface area contributed by atoms with Gasteiger partial charge >= 0.3 is 0 Å². The van der Waals surface area contributed by atoms with Crippen LogP contribution in [0.25, 0.3) is 11.0 Å². The lowest BCUT2D eigenvalue weighted by Gasteiger charge is -2.05. The molecule has 0 aliphatic rings. The van der Waals surface area contributed by atoms with E-state index in [-0.39, 0.29) is 24.7 Å². The third kappa shape index (κ3) is 1.66. The predicted octanol–water partition coefficient (Wildman–Crippen LogP) is -0.255. The summed E-state index contributed by atoms with van der Waals surface area (Å²) in [7, 11) is 0. The van der Waals surface area contributed by atoms with Gasteiger partial charge in [-0.05, 0) is 6.07 Å². The van der Waals surface area contributed by atoms with E-state index in [4.69, 9.17) is 15.7 Å². The van der Waals surface area contributed by atoms with Crippen molar-refractivity contribution in [1.82, 2.24) is 9.71 Å². The van der Waals surface area contributed by atoms with Crippen LogP contribution in [0.2, 0.25) is 0 Å². The number of nitrogens with two attached hydrogens (primary N) is 1. The number of aromatic nitrogens is 2. The van der Waals surface area contributed by atoms with Crippen molar-refractivity contribution in [3.05, 3.63) is 18.5 Å². The zero-order valence-corrected chi connectivity index (χ0v) is 7.92. The summed E-state index contributed by atoms with van der Waals surface area (Å²) in [6, 6.07) is 3.03. The Hall–Kier alpha value is -1.95. The van der Waals surface area contributed by atoms with Gasteiger partial charge < -0.3 is 20.8 Å². The number of hydrogen-bond donors (Lipinski definition) is 3. The Balaban J connectivity index is 2.45. The Kier molecular flexibility index (Phi) is 2.34. The molecule has 6 heteroatoms. The number of phenolic OH excluding ortho intramolecular Hbond substituents is 1. The maximum absolute atomic E-state index is 9.41. The second kappa shape index (κ2) is 3.66. The molecular weight excluding hydrogens is 198 g/mol. The van der Waals surface area contributed by atoms with E-state index in [1.807, 2.05) is 0 Å². The standard InChI is InChI=1S/C9H11N3O3/c10-6-3-7-8(4-9(6)14)12(5-11-7)15-2-1-13/h3-5,13-14H,1-2,10H2. The van der Waals surface area contributed by atoms with Gasteiger partial charge in [0, 0.05) is 6.07 Å². The number of anilines is 1. The summed E-state index contributed by atoms with van der Waals surface area (Å²) in [4.78, 5) is 9.19. The number of aromatic hydroxyl groups is 1. The van der Waals surface area contributed by atoms with Gasteiger partial charge in [0.25, 0.3) is 0 Å². The molecule has 0 saturated heterocycles. The number of nitrogen functional groups attached to an aromatic ring is 1. The van der Waals surface area contributed by atoms with E-state index in [0.717, 1.165) is 0 Å². The second-order valence-corrected chi connectivity index (χ2v) is 3.03. The number of phenols is 1. The van der Waals surface area contributed by atoms with Gasteiger partial charge in [0.1, 0.15) is 24.2 Å². The molecule has 0 aliphatic carbocycles. The molecule has 0 unspecified atom stereocenters. The summed E-state index contributed by atoms with van der Waals surface area (Å²) in [5, 5.41) is 18.0. The largest absolute Gasteiger partial charge is 0.506 e. The SMILES string of the molecule is Nc1cc2ncn(OCCO)c2cc1O. The van der Waals surface area contributed by atoms with E-state index >= 15 is 0 Å². The summed E-state index contributed by atoms with van der Waals surface area (Å²) in [6.45, 7) is 0.0806. The quantitative estimate of drug-likeness (QED) is 0.478. The van der Waals surface area contributed by atoms with Gasteiger partial charge in [0.15, 0.2) is 0 Å². The average Bonchev–Trinajstić information content (AvgIpc) is 2.59. The van der Waals surface area contributed by atoms with Crippen LogP contribution in [0.15, 0.2) is 18.5 Å². The first kappa shape index (κ1) is 9.60. The fourth-order valence-corrected chi connectivity index (χ4v) is 1.28. The molecule has 0 saturated carbocycles. The predicted molar refractivity (Wildman–Crippen MR) is 54.3 cm³/mol.